The first-order chi connectivity index (χ1) is 12.4. The van der Waals surface area contributed by atoms with E-state index in [1.165, 1.54) is 31.5 Å². The fourth-order valence-corrected chi connectivity index (χ4v) is 4.26. The predicted octanol–water partition coefficient (Wildman–Crippen LogP) is 1.79. The summed E-state index contributed by atoms with van der Waals surface area (Å²) in [6, 6.07) is 6.04. The zero-order valence-electron chi connectivity index (χ0n) is 14.1. The third-order valence-electron chi connectivity index (χ3n) is 4.39. The first kappa shape index (κ1) is 18.7. The highest BCUT2D eigenvalue weighted by Crippen LogP contribution is 2.28. The predicted molar refractivity (Wildman–Crippen MR) is 91.5 cm³/mol. The van der Waals surface area contributed by atoms with Crippen molar-refractivity contribution in [3.63, 3.8) is 0 Å². The molecule has 2 heterocycles. The van der Waals surface area contributed by atoms with Crippen LogP contribution in [-0.4, -0.2) is 39.6 Å². The Morgan fingerprint density at radius 2 is 2.04 bits per heavy atom. The van der Waals surface area contributed by atoms with Gasteiger partial charge in [0.1, 0.15) is 4.90 Å². The maximum absolute atomic E-state index is 13.6. The van der Waals surface area contributed by atoms with Crippen LogP contribution in [0.15, 0.2) is 41.4 Å². The Balaban J connectivity index is 1.84. The molecule has 2 unspecified atom stereocenters. The largest absolute Gasteiger partial charge is 0.481 e. The van der Waals surface area contributed by atoms with Gasteiger partial charge in [-0.3, -0.25) is 0 Å². The highest BCUT2D eigenvalue weighted by molar-refractivity contribution is 7.89. The molecule has 0 radical (unpaired) electrons. The van der Waals surface area contributed by atoms with Crippen LogP contribution < -0.4 is 14.8 Å². The van der Waals surface area contributed by atoms with Crippen molar-refractivity contribution < 1.29 is 21.9 Å². The van der Waals surface area contributed by atoms with Gasteiger partial charge in [-0.1, -0.05) is 6.07 Å². The van der Waals surface area contributed by atoms with E-state index in [0.29, 0.717) is 31.0 Å². The highest BCUT2D eigenvalue weighted by Gasteiger charge is 2.31. The summed E-state index contributed by atoms with van der Waals surface area (Å²) >= 11 is 0. The molecule has 0 bridgehead atoms. The SMILES string of the molecule is COc1ccc(S(=O)(=O)NC2CNCCC2c2ccc(F)c(F)c2)cn1. The van der Waals surface area contributed by atoms with Gasteiger partial charge in [0.15, 0.2) is 11.6 Å². The number of pyridine rings is 1. The van der Waals surface area contributed by atoms with Crippen molar-refractivity contribution >= 4 is 10.0 Å². The van der Waals surface area contributed by atoms with Gasteiger partial charge in [0.2, 0.25) is 15.9 Å². The van der Waals surface area contributed by atoms with Gasteiger partial charge in [0.05, 0.1) is 13.3 Å². The number of hydrogen-bond acceptors (Lipinski definition) is 5. The summed E-state index contributed by atoms with van der Waals surface area (Å²) in [5.74, 6) is -1.83. The third-order valence-corrected chi connectivity index (χ3v) is 5.86. The average Bonchev–Trinajstić information content (AvgIpc) is 2.64. The summed E-state index contributed by atoms with van der Waals surface area (Å²) in [4.78, 5) is 3.91. The molecule has 0 aliphatic carbocycles. The lowest BCUT2D eigenvalue weighted by Crippen LogP contribution is -2.49. The van der Waals surface area contributed by atoms with Crippen LogP contribution in [-0.2, 0) is 10.0 Å². The van der Waals surface area contributed by atoms with Crippen molar-refractivity contribution in [2.24, 2.45) is 0 Å². The van der Waals surface area contributed by atoms with Crippen LogP contribution in [0, 0.1) is 11.6 Å². The lowest BCUT2D eigenvalue weighted by molar-refractivity contribution is 0.376. The van der Waals surface area contributed by atoms with Crippen LogP contribution in [0.5, 0.6) is 5.88 Å². The number of rotatable bonds is 5. The van der Waals surface area contributed by atoms with E-state index in [1.54, 1.807) is 0 Å². The number of halogens is 2. The summed E-state index contributed by atoms with van der Waals surface area (Å²) < 4.78 is 59.6. The molecule has 1 aliphatic rings. The van der Waals surface area contributed by atoms with Crippen molar-refractivity contribution in [3.8, 4) is 5.88 Å². The Bertz CT molecular complexity index is 875. The van der Waals surface area contributed by atoms with E-state index >= 15 is 0 Å². The Kier molecular flexibility index (Phi) is 5.49. The number of aromatic nitrogens is 1. The highest BCUT2D eigenvalue weighted by atomic mass is 32.2. The molecule has 2 atom stereocenters. The van der Waals surface area contributed by atoms with Gasteiger partial charge < -0.3 is 10.1 Å². The zero-order valence-corrected chi connectivity index (χ0v) is 14.9. The molecule has 3 rings (SSSR count). The van der Waals surface area contributed by atoms with Gasteiger partial charge in [-0.05, 0) is 36.7 Å². The molecule has 1 aliphatic heterocycles. The normalized spacial score (nSPS) is 20.7. The molecule has 140 valence electrons. The summed E-state index contributed by atoms with van der Waals surface area (Å²) in [6.07, 6.45) is 1.81. The minimum Gasteiger partial charge on any atom is -0.481 e. The summed E-state index contributed by atoms with van der Waals surface area (Å²) in [6.45, 7) is 1.04. The Morgan fingerprint density at radius 1 is 1.23 bits per heavy atom. The lowest BCUT2D eigenvalue weighted by Gasteiger charge is -2.33. The summed E-state index contributed by atoms with van der Waals surface area (Å²) in [7, 11) is -2.38. The van der Waals surface area contributed by atoms with Crippen molar-refractivity contribution in [1.29, 1.82) is 0 Å². The molecule has 26 heavy (non-hydrogen) atoms. The molecular formula is C17H19F2N3O3S. The van der Waals surface area contributed by atoms with Crippen LogP contribution >= 0.6 is 0 Å². The van der Waals surface area contributed by atoms with Crippen molar-refractivity contribution in [2.45, 2.75) is 23.3 Å². The second-order valence-corrected chi connectivity index (χ2v) is 7.75. The Morgan fingerprint density at radius 3 is 2.69 bits per heavy atom. The second-order valence-electron chi connectivity index (χ2n) is 6.04. The summed E-state index contributed by atoms with van der Waals surface area (Å²) in [5.41, 5.74) is 0.561. The van der Waals surface area contributed by atoms with E-state index in [0.717, 1.165) is 12.1 Å². The number of sulfonamides is 1. The molecule has 1 saturated heterocycles. The molecule has 2 N–H and O–H groups in total. The minimum atomic E-state index is -3.82. The van der Waals surface area contributed by atoms with E-state index in [-0.39, 0.29) is 10.8 Å². The van der Waals surface area contributed by atoms with E-state index in [4.69, 9.17) is 4.74 Å². The molecule has 6 nitrogen and oxygen atoms in total. The van der Waals surface area contributed by atoms with E-state index in [9.17, 15) is 17.2 Å². The fraction of sp³-hybridized carbons (Fsp3) is 0.353. The number of nitrogens with one attached hydrogen (secondary N) is 2. The molecule has 1 aromatic heterocycles. The minimum absolute atomic E-state index is 0.00732. The lowest BCUT2D eigenvalue weighted by atomic mass is 9.86. The Hall–Kier alpha value is -2.10. The van der Waals surface area contributed by atoms with Gasteiger partial charge in [0, 0.05) is 24.6 Å². The number of piperidine rings is 1. The maximum atomic E-state index is 13.6. The van der Waals surface area contributed by atoms with Crippen molar-refractivity contribution in [1.82, 2.24) is 15.0 Å². The average molecular weight is 383 g/mol. The van der Waals surface area contributed by atoms with Gasteiger partial charge in [-0.2, -0.15) is 0 Å². The molecule has 0 saturated carbocycles. The fourth-order valence-electron chi connectivity index (χ4n) is 3.04. The first-order valence-corrected chi connectivity index (χ1v) is 9.57. The quantitative estimate of drug-likeness (QED) is 0.823. The zero-order chi connectivity index (χ0) is 18.7. The van der Waals surface area contributed by atoms with Crippen LogP contribution in [0.3, 0.4) is 0 Å². The Labute approximate surface area is 150 Å². The number of hydrogen-bond donors (Lipinski definition) is 2. The molecule has 0 spiro atoms. The van der Waals surface area contributed by atoms with Gasteiger partial charge in [-0.15, -0.1) is 0 Å². The van der Waals surface area contributed by atoms with Crippen LogP contribution in [0.4, 0.5) is 8.78 Å². The van der Waals surface area contributed by atoms with Crippen LogP contribution in [0.2, 0.25) is 0 Å². The topological polar surface area (TPSA) is 80.3 Å². The van der Waals surface area contributed by atoms with E-state index in [1.807, 2.05) is 0 Å². The molecule has 9 heteroatoms. The van der Waals surface area contributed by atoms with Crippen molar-refractivity contribution in [3.05, 3.63) is 53.7 Å². The van der Waals surface area contributed by atoms with Gasteiger partial charge in [-0.25, -0.2) is 26.9 Å². The van der Waals surface area contributed by atoms with Gasteiger partial charge in [0.25, 0.3) is 0 Å². The van der Waals surface area contributed by atoms with E-state index < -0.39 is 27.7 Å². The number of methoxy groups -OCH3 is 1. The van der Waals surface area contributed by atoms with Crippen LogP contribution in [0.25, 0.3) is 0 Å². The smallest absolute Gasteiger partial charge is 0.242 e. The monoisotopic (exact) mass is 383 g/mol. The first-order valence-electron chi connectivity index (χ1n) is 8.09. The van der Waals surface area contributed by atoms with Crippen molar-refractivity contribution in [2.75, 3.05) is 20.2 Å². The maximum Gasteiger partial charge on any atom is 0.242 e. The van der Waals surface area contributed by atoms with E-state index in [2.05, 4.69) is 15.0 Å². The number of ether oxygens (including phenoxy) is 1. The summed E-state index contributed by atoms with van der Waals surface area (Å²) in [5, 5.41) is 3.12. The van der Waals surface area contributed by atoms with Gasteiger partial charge >= 0.3 is 0 Å². The molecule has 1 aromatic carbocycles. The number of nitrogens with zero attached hydrogens (tertiary/aromatic N) is 1. The van der Waals surface area contributed by atoms with Crippen LogP contribution in [0.1, 0.15) is 17.9 Å². The molecule has 2 aromatic rings. The number of benzene rings is 1. The molecule has 0 amide bonds. The third kappa shape index (κ3) is 4.00. The standard InChI is InChI=1S/C17H19F2N3O3S/c1-25-17-5-3-12(9-21-17)26(23,24)22-16-10-20-7-6-13(16)11-2-4-14(18)15(19)8-11/h2-5,8-9,13,16,20,22H,6-7,10H2,1H3. The molecule has 1 fully saturated rings. The molecular weight excluding hydrogens is 364 g/mol. The second kappa shape index (κ2) is 7.65.